The summed E-state index contributed by atoms with van der Waals surface area (Å²) in [7, 11) is 0. The maximum absolute atomic E-state index is 11.2. The molecule has 6 heteroatoms. The van der Waals surface area contributed by atoms with Crippen LogP contribution >= 0.6 is 0 Å². The number of nitrogens with one attached hydrogen (secondary N) is 2. The summed E-state index contributed by atoms with van der Waals surface area (Å²) in [6, 6.07) is 0. The van der Waals surface area contributed by atoms with Gasteiger partial charge in [-0.25, -0.2) is 4.79 Å². The third kappa shape index (κ3) is 1.16. The predicted octanol–water partition coefficient (Wildman–Crippen LogP) is -0.972. The minimum Gasteiger partial charge on any atom is -0.478 e. The third-order valence-corrected chi connectivity index (χ3v) is 1.76. The monoisotopic (exact) mass is 182 g/mol. The first kappa shape index (κ1) is 7.78. The molecule has 1 aromatic rings. The zero-order chi connectivity index (χ0) is 9.42. The highest BCUT2D eigenvalue weighted by Gasteiger charge is 2.22. The van der Waals surface area contributed by atoms with E-state index >= 15 is 0 Å². The van der Waals surface area contributed by atoms with E-state index in [1.54, 1.807) is 0 Å². The molecular weight excluding hydrogens is 176 g/mol. The summed E-state index contributed by atoms with van der Waals surface area (Å²) in [5.41, 5.74) is -1.45. The fourth-order valence-corrected chi connectivity index (χ4v) is 1.20. The molecule has 0 atom stereocenters. The molecule has 2 N–H and O–H groups in total. The second kappa shape index (κ2) is 2.58. The number of fused-ring (bicyclic) bond motifs is 1. The summed E-state index contributed by atoms with van der Waals surface area (Å²) in [6.45, 7) is 0.200. The lowest BCUT2D eigenvalue weighted by Crippen LogP contribution is -2.32. The van der Waals surface area contributed by atoms with Crippen molar-refractivity contribution in [3.8, 4) is 5.88 Å². The number of rotatable bonds is 0. The molecule has 2 heterocycles. The summed E-state index contributed by atoms with van der Waals surface area (Å²) in [6.07, 6.45) is 0.169. The van der Waals surface area contributed by atoms with Crippen LogP contribution in [0.4, 0.5) is 0 Å². The van der Waals surface area contributed by atoms with Crippen molar-refractivity contribution in [3.05, 3.63) is 26.4 Å². The Hall–Kier alpha value is -1.85. The Morgan fingerprint density at radius 1 is 1.15 bits per heavy atom. The average molecular weight is 182 g/mol. The normalized spacial score (nSPS) is 14.9. The molecule has 0 aliphatic carbocycles. The topological polar surface area (TPSA) is 92.0 Å². The lowest BCUT2D eigenvalue weighted by atomic mass is 10.1. The highest BCUT2D eigenvalue weighted by molar-refractivity contribution is 5.98. The molecule has 6 nitrogen and oxygen atoms in total. The standard InChI is InChI=1S/C7H6N2O4/c10-3-1-2-13-6-4(3)5(11)8-7(12)9-6/h1-2H2,(H2,8,9,11,12). The fraction of sp³-hybridized carbons (Fsp3) is 0.286. The van der Waals surface area contributed by atoms with Gasteiger partial charge in [0.25, 0.3) is 5.56 Å². The number of hydrogen-bond acceptors (Lipinski definition) is 4. The molecule has 0 spiro atoms. The number of hydrogen-bond donors (Lipinski definition) is 2. The maximum Gasteiger partial charge on any atom is 0.328 e. The molecule has 0 saturated carbocycles. The van der Waals surface area contributed by atoms with E-state index in [4.69, 9.17) is 4.74 Å². The van der Waals surface area contributed by atoms with Crippen LogP contribution in [0, 0.1) is 0 Å². The molecule has 0 fully saturated rings. The van der Waals surface area contributed by atoms with Gasteiger partial charge in [-0.2, -0.15) is 0 Å². The van der Waals surface area contributed by atoms with Gasteiger partial charge in [0.05, 0.1) is 6.61 Å². The zero-order valence-electron chi connectivity index (χ0n) is 6.55. The largest absolute Gasteiger partial charge is 0.478 e. The molecule has 1 aliphatic heterocycles. The van der Waals surface area contributed by atoms with Crippen molar-refractivity contribution < 1.29 is 9.53 Å². The summed E-state index contributed by atoms with van der Waals surface area (Å²) in [4.78, 5) is 37.3. The van der Waals surface area contributed by atoms with Crippen molar-refractivity contribution in [1.29, 1.82) is 0 Å². The molecule has 0 saturated heterocycles. The number of Topliss-reactive ketones (excluding diaryl/α,β-unsaturated/α-hetero) is 1. The van der Waals surface area contributed by atoms with Crippen molar-refractivity contribution in [2.24, 2.45) is 0 Å². The average Bonchev–Trinajstić information content (AvgIpc) is 2.02. The minimum atomic E-state index is -0.691. The van der Waals surface area contributed by atoms with Crippen molar-refractivity contribution in [2.75, 3.05) is 6.61 Å². The highest BCUT2D eigenvalue weighted by atomic mass is 16.5. The minimum absolute atomic E-state index is 0.0231. The van der Waals surface area contributed by atoms with E-state index in [0.29, 0.717) is 0 Å². The van der Waals surface area contributed by atoms with Crippen LogP contribution in [0.2, 0.25) is 0 Å². The second-order valence-corrected chi connectivity index (χ2v) is 2.63. The molecule has 0 aromatic carbocycles. The molecule has 0 unspecified atom stereocenters. The Morgan fingerprint density at radius 3 is 2.69 bits per heavy atom. The van der Waals surface area contributed by atoms with Crippen LogP contribution in [0.25, 0.3) is 0 Å². The van der Waals surface area contributed by atoms with Crippen LogP contribution in [-0.4, -0.2) is 22.4 Å². The summed E-state index contributed by atoms with van der Waals surface area (Å²) < 4.78 is 4.96. The van der Waals surface area contributed by atoms with Gasteiger partial charge in [0.1, 0.15) is 5.56 Å². The van der Waals surface area contributed by atoms with Gasteiger partial charge < -0.3 is 4.74 Å². The number of carbonyl (C=O) groups is 1. The first-order chi connectivity index (χ1) is 6.18. The van der Waals surface area contributed by atoms with Crippen LogP contribution in [0.1, 0.15) is 16.8 Å². The number of carbonyl (C=O) groups excluding carboxylic acids is 1. The molecule has 0 radical (unpaired) electrons. The molecule has 0 amide bonds. The molecule has 2 rings (SSSR count). The Morgan fingerprint density at radius 2 is 1.92 bits per heavy atom. The summed E-state index contributed by atoms with van der Waals surface area (Å²) >= 11 is 0. The Labute approximate surface area is 71.6 Å². The van der Waals surface area contributed by atoms with E-state index in [-0.39, 0.29) is 30.3 Å². The van der Waals surface area contributed by atoms with Crippen LogP contribution in [0.3, 0.4) is 0 Å². The number of aromatic nitrogens is 2. The summed E-state index contributed by atoms with van der Waals surface area (Å²) in [5.74, 6) is -0.330. The predicted molar refractivity (Wildman–Crippen MR) is 42.1 cm³/mol. The van der Waals surface area contributed by atoms with Crippen molar-refractivity contribution in [3.63, 3.8) is 0 Å². The van der Waals surface area contributed by atoms with Crippen LogP contribution in [0.5, 0.6) is 5.88 Å². The second-order valence-electron chi connectivity index (χ2n) is 2.63. The number of aromatic amines is 2. The molecule has 13 heavy (non-hydrogen) atoms. The molecule has 1 aromatic heterocycles. The van der Waals surface area contributed by atoms with Gasteiger partial charge >= 0.3 is 5.69 Å². The fourth-order valence-electron chi connectivity index (χ4n) is 1.20. The number of ketones is 1. The highest BCUT2D eigenvalue weighted by Crippen LogP contribution is 2.15. The number of ether oxygens (including phenoxy) is 1. The van der Waals surface area contributed by atoms with E-state index in [2.05, 4.69) is 4.98 Å². The van der Waals surface area contributed by atoms with Crippen molar-refractivity contribution in [2.45, 2.75) is 6.42 Å². The Kier molecular flexibility index (Phi) is 1.54. The quantitative estimate of drug-likeness (QED) is 0.539. The first-order valence-corrected chi connectivity index (χ1v) is 3.71. The summed E-state index contributed by atoms with van der Waals surface area (Å²) in [5, 5.41) is 0. The lowest BCUT2D eigenvalue weighted by Gasteiger charge is -2.13. The van der Waals surface area contributed by atoms with E-state index < -0.39 is 11.2 Å². The van der Waals surface area contributed by atoms with Gasteiger partial charge in [-0.15, -0.1) is 0 Å². The van der Waals surface area contributed by atoms with E-state index in [9.17, 15) is 14.4 Å². The van der Waals surface area contributed by atoms with Gasteiger partial charge in [-0.1, -0.05) is 0 Å². The van der Waals surface area contributed by atoms with E-state index in [0.717, 1.165) is 0 Å². The SMILES string of the molecule is O=C1CCOc2[nH]c(=O)[nH]c(=O)c21. The van der Waals surface area contributed by atoms with Crippen LogP contribution in [-0.2, 0) is 0 Å². The molecule has 68 valence electrons. The van der Waals surface area contributed by atoms with Crippen molar-refractivity contribution >= 4 is 5.78 Å². The van der Waals surface area contributed by atoms with Gasteiger partial charge in [-0.05, 0) is 0 Å². The first-order valence-electron chi connectivity index (χ1n) is 3.71. The smallest absolute Gasteiger partial charge is 0.328 e. The third-order valence-electron chi connectivity index (χ3n) is 1.76. The Bertz CT molecular complexity index is 470. The van der Waals surface area contributed by atoms with Gasteiger partial charge in [0.15, 0.2) is 5.78 Å². The zero-order valence-corrected chi connectivity index (χ0v) is 6.55. The van der Waals surface area contributed by atoms with Gasteiger partial charge in [0, 0.05) is 6.42 Å². The van der Waals surface area contributed by atoms with Gasteiger partial charge in [0.2, 0.25) is 5.88 Å². The lowest BCUT2D eigenvalue weighted by molar-refractivity contribution is 0.0926. The van der Waals surface area contributed by atoms with Crippen LogP contribution < -0.4 is 16.0 Å². The Balaban J connectivity index is 2.77. The van der Waals surface area contributed by atoms with Crippen LogP contribution in [0.15, 0.2) is 9.59 Å². The van der Waals surface area contributed by atoms with E-state index in [1.165, 1.54) is 0 Å². The molecular formula is C7H6N2O4. The van der Waals surface area contributed by atoms with Crippen molar-refractivity contribution in [1.82, 2.24) is 9.97 Å². The molecule has 1 aliphatic rings. The number of H-pyrrole nitrogens is 2. The maximum atomic E-state index is 11.2. The van der Waals surface area contributed by atoms with E-state index in [1.807, 2.05) is 4.98 Å². The van der Waals surface area contributed by atoms with Gasteiger partial charge in [-0.3, -0.25) is 19.6 Å². The molecule has 0 bridgehead atoms.